The van der Waals surface area contributed by atoms with Crippen LogP contribution in [0.1, 0.15) is 175 Å². The summed E-state index contributed by atoms with van der Waals surface area (Å²) >= 11 is 0. The molecule has 0 saturated heterocycles. The van der Waals surface area contributed by atoms with Gasteiger partial charge in [-0.3, -0.25) is 18.3 Å². The van der Waals surface area contributed by atoms with Crippen molar-refractivity contribution in [3.8, 4) is 0 Å². The van der Waals surface area contributed by atoms with E-state index in [1.165, 1.54) is 0 Å². The van der Waals surface area contributed by atoms with E-state index in [1.54, 1.807) is 111 Å². The predicted octanol–water partition coefficient (Wildman–Crippen LogP) is 10.2. The van der Waals surface area contributed by atoms with Crippen molar-refractivity contribution in [1.82, 2.24) is 29.9 Å². The van der Waals surface area contributed by atoms with Crippen LogP contribution >= 0.6 is 30.4 Å². The first-order chi connectivity index (χ1) is 30.7. The van der Waals surface area contributed by atoms with Gasteiger partial charge in [-0.1, -0.05) is 51.4 Å². The maximum Gasteiger partial charge on any atom is 0.399 e. The van der Waals surface area contributed by atoms with Crippen LogP contribution in [0.5, 0.6) is 0 Å². The molecule has 0 aliphatic heterocycles. The molecule has 0 amide bonds. The van der Waals surface area contributed by atoms with Crippen molar-refractivity contribution in [3.63, 3.8) is 0 Å². The number of nitrogens with one attached hydrogen (secondary N) is 2. The van der Waals surface area contributed by atoms with Gasteiger partial charge >= 0.3 is 30.4 Å². The lowest BCUT2D eigenvalue weighted by Crippen LogP contribution is -2.33. The monoisotopic (exact) mass is 1010 g/mol. The molecule has 66 heavy (non-hydrogen) atoms. The molecular formula is C42H82N8O12P4. The number of rotatable bonds is 35. The van der Waals surface area contributed by atoms with E-state index in [2.05, 4.69) is 40.5 Å². The number of unbranched alkanes of at least 4 members (excludes halogenated alkanes) is 9. The number of anilines is 2. The van der Waals surface area contributed by atoms with Gasteiger partial charge in [0.15, 0.2) is 0 Å². The molecule has 0 radical (unpaired) electrons. The summed E-state index contributed by atoms with van der Waals surface area (Å²) in [5.74, 6) is 0.147. The van der Waals surface area contributed by atoms with E-state index >= 15 is 0 Å². The Morgan fingerprint density at radius 1 is 0.303 bits per heavy atom. The van der Waals surface area contributed by atoms with Gasteiger partial charge in [-0.05, 0) is 124 Å². The summed E-state index contributed by atoms with van der Waals surface area (Å²) in [6.45, 7) is 28.7. The van der Waals surface area contributed by atoms with Crippen molar-refractivity contribution in [2.24, 2.45) is 0 Å². The summed E-state index contributed by atoms with van der Waals surface area (Å²) in [5.41, 5.74) is -1.07. The van der Waals surface area contributed by atoms with Crippen LogP contribution in [0.4, 0.5) is 11.9 Å². The lowest BCUT2D eigenvalue weighted by atomic mass is 10.1. The van der Waals surface area contributed by atoms with Crippen molar-refractivity contribution >= 4 is 64.5 Å². The Kier molecular flexibility index (Phi) is 26.3. The third kappa shape index (κ3) is 21.9. The molecule has 20 nitrogen and oxygen atoms in total. The second-order valence-electron chi connectivity index (χ2n) is 18.1. The fourth-order valence-electron chi connectivity index (χ4n) is 6.12. The summed E-state index contributed by atoms with van der Waals surface area (Å²) in [5, 5.41) is 6.37. The summed E-state index contributed by atoms with van der Waals surface area (Å²) in [6.07, 6.45) is 6.23. The number of aromatic nitrogens is 6. The van der Waals surface area contributed by atoms with Gasteiger partial charge in [-0.25, -0.2) is 0 Å². The fraction of sp³-hybridized carbons (Fsp3) is 0.857. The van der Waals surface area contributed by atoms with E-state index in [0.717, 1.165) is 64.2 Å². The molecule has 2 aromatic rings. The zero-order valence-electron chi connectivity index (χ0n) is 42.5. The molecule has 2 N–H and O–H groups in total. The highest BCUT2D eigenvalue weighted by molar-refractivity contribution is 7.63. The van der Waals surface area contributed by atoms with E-state index < -0.39 is 79.2 Å². The third-order valence-corrected chi connectivity index (χ3v) is 16.5. The zero-order chi connectivity index (χ0) is 49.9. The van der Waals surface area contributed by atoms with Gasteiger partial charge in [-0.2, -0.15) is 29.9 Å². The van der Waals surface area contributed by atoms with Crippen LogP contribution in [0.15, 0.2) is 0 Å². The predicted molar refractivity (Wildman–Crippen MR) is 262 cm³/mol. The van der Waals surface area contributed by atoms with Crippen molar-refractivity contribution in [2.75, 3.05) is 23.7 Å². The summed E-state index contributed by atoms with van der Waals surface area (Å²) < 4.78 is 102. The van der Waals surface area contributed by atoms with Gasteiger partial charge in [0.25, 0.3) is 0 Å². The Balaban J connectivity index is 1.97. The van der Waals surface area contributed by atoms with Crippen LogP contribution in [0.25, 0.3) is 0 Å². The molecule has 382 valence electrons. The van der Waals surface area contributed by atoms with Gasteiger partial charge in [-0.15, -0.1) is 0 Å². The molecule has 2 heterocycles. The molecule has 0 saturated carbocycles. The highest BCUT2D eigenvalue weighted by Crippen LogP contribution is 2.52. The minimum Gasteiger partial charge on any atom is -0.354 e. The van der Waals surface area contributed by atoms with Gasteiger partial charge in [0.2, 0.25) is 34.2 Å². The maximum atomic E-state index is 14.1. The smallest absolute Gasteiger partial charge is 0.354 e. The quantitative estimate of drug-likeness (QED) is 0.0481. The molecule has 0 unspecified atom stereocenters. The van der Waals surface area contributed by atoms with E-state index in [4.69, 9.17) is 36.2 Å². The average molecular weight is 1020 g/mol. The highest BCUT2D eigenvalue weighted by atomic mass is 31.2. The lowest BCUT2D eigenvalue weighted by molar-refractivity contribution is 0.146. The molecular weight excluding hydrogens is 932 g/mol. The molecule has 0 fully saturated rings. The third-order valence-electron chi connectivity index (χ3n) is 8.17. The van der Waals surface area contributed by atoms with Crippen LogP contribution in [0, 0.1) is 0 Å². The number of nitrogens with zero attached hydrogens (tertiary/aromatic N) is 6. The molecule has 2 aromatic heterocycles. The van der Waals surface area contributed by atoms with Crippen LogP contribution in [-0.4, -0.2) is 91.8 Å². The molecule has 0 aliphatic carbocycles. The average Bonchev–Trinajstić information content (AvgIpc) is 3.15. The molecule has 0 atom stereocenters. The SMILES string of the molecule is CC(C)OP(=O)(OC(C)C)c1nc(NCCCCCCCCCCCCNc2nc(P(=O)(OC(C)C)OC(C)C)nc(P(=O)(OC(C)C)OC(C)C)n2)nc(P(=O)(OC(C)C)OC(C)C)n1. The minimum atomic E-state index is -4.07. The van der Waals surface area contributed by atoms with Gasteiger partial charge in [0.05, 0.1) is 48.8 Å². The standard InChI is InChI=1S/C42H82N8O12P4/c1-29(2)55-63(51,56-30(3)4)39-45-37(46-40(49-39)64(52,57-31(5)6)58-32(7)8)43-27-25-23-21-19-17-18-20-22-24-26-28-44-38-47-41(65(53,59-33(9)10)60-34(11)12)50-42(48-38)66(54,61-35(13)14)62-36(15)16/h29-36H,17-28H2,1-16H3,(H,43,45,46,49)(H,44,47,48,50). The summed E-state index contributed by atoms with van der Waals surface area (Å²) in [4.78, 5) is 26.4. The Morgan fingerprint density at radius 3 is 0.636 bits per heavy atom. The van der Waals surface area contributed by atoms with Gasteiger partial charge in [0.1, 0.15) is 0 Å². The first-order valence-corrected chi connectivity index (χ1v) is 29.8. The minimum absolute atomic E-state index is 0.0736. The zero-order valence-corrected chi connectivity index (χ0v) is 46.1. The van der Waals surface area contributed by atoms with Gasteiger partial charge < -0.3 is 46.8 Å². The van der Waals surface area contributed by atoms with Crippen LogP contribution < -0.4 is 32.9 Å². The first kappa shape index (κ1) is 60.3. The van der Waals surface area contributed by atoms with E-state index in [0.29, 0.717) is 13.1 Å². The van der Waals surface area contributed by atoms with E-state index in [1.807, 2.05) is 0 Å². The molecule has 0 aromatic carbocycles. The Bertz CT molecular complexity index is 1640. The normalized spacial score (nSPS) is 13.3. The fourth-order valence-corrected chi connectivity index (χ4v) is 13.4. The Morgan fingerprint density at radius 2 is 0.470 bits per heavy atom. The number of hydrogen-bond acceptors (Lipinski definition) is 20. The highest BCUT2D eigenvalue weighted by Gasteiger charge is 2.42. The van der Waals surface area contributed by atoms with Crippen LogP contribution in [0.3, 0.4) is 0 Å². The Labute approximate surface area is 395 Å². The van der Waals surface area contributed by atoms with Crippen molar-refractivity contribution in [1.29, 1.82) is 0 Å². The molecule has 0 spiro atoms. The molecule has 2 rings (SSSR count). The van der Waals surface area contributed by atoms with Crippen molar-refractivity contribution in [2.45, 2.75) is 224 Å². The molecule has 0 aliphatic rings. The largest absolute Gasteiger partial charge is 0.399 e. The molecule has 24 heteroatoms. The Hall–Kier alpha value is -1.78. The van der Waals surface area contributed by atoms with Crippen molar-refractivity contribution in [3.05, 3.63) is 0 Å². The van der Waals surface area contributed by atoms with Crippen molar-refractivity contribution < 1.29 is 54.5 Å². The van der Waals surface area contributed by atoms with E-state index in [9.17, 15) is 18.3 Å². The maximum absolute atomic E-state index is 14.1. The van der Waals surface area contributed by atoms with Gasteiger partial charge in [0, 0.05) is 13.1 Å². The summed E-state index contributed by atoms with van der Waals surface area (Å²) in [6, 6.07) is 0. The second-order valence-corrected chi connectivity index (χ2v) is 25.4. The second kappa shape index (κ2) is 28.8. The lowest BCUT2D eigenvalue weighted by Gasteiger charge is -2.24. The topological polar surface area (TPSA) is 244 Å². The number of hydrogen-bond donors (Lipinski definition) is 2. The van der Waals surface area contributed by atoms with Crippen LogP contribution in [0.2, 0.25) is 0 Å². The molecule has 0 bridgehead atoms. The first-order valence-electron chi connectivity index (χ1n) is 23.6. The summed E-state index contributed by atoms with van der Waals surface area (Å²) in [7, 11) is -16.3. The van der Waals surface area contributed by atoms with E-state index in [-0.39, 0.29) is 34.2 Å². The van der Waals surface area contributed by atoms with Crippen LogP contribution in [-0.2, 0) is 54.5 Å².